The van der Waals surface area contributed by atoms with Crippen LogP contribution in [0.25, 0.3) is 0 Å². The predicted molar refractivity (Wildman–Crippen MR) is 73.6 cm³/mol. The Balaban J connectivity index is 2.24. The normalized spacial score (nSPS) is 18.2. The zero-order valence-electron chi connectivity index (χ0n) is 11.8. The maximum Gasteiger partial charge on any atom is 0.257 e. The highest BCUT2D eigenvalue weighted by molar-refractivity contribution is 5.97. The molecule has 0 aliphatic carbocycles. The summed E-state index contributed by atoms with van der Waals surface area (Å²) in [6.07, 6.45) is 2.13. The molecule has 1 aliphatic rings. The molecule has 104 valence electrons. The lowest BCUT2D eigenvalue weighted by molar-refractivity contribution is 0.0580. The van der Waals surface area contributed by atoms with Crippen LogP contribution in [-0.2, 0) is 0 Å². The van der Waals surface area contributed by atoms with E-state index in [-0.39, 0.29) is 17.1 Å². The molecule has 0 spiro atoms. The second-order valence-electron chi connectivity index (χ2n) is 5.88. The highest BCUT2D eigenvalue weighted by atomic mass is 16.5. The van der Waals surface area contributed by atoms with Crippen LogP contribution < -0.4 is 4.74 Å². The molecule has 0 unspecified atom stereocenters. The van der Waals surface area contributed by atoms with Gasteiger partial charge in [0.2, 0.25) is 0 Å². The third kappa shape index (κ3) is 3.00. The van der Waals surface area contributed by atoms with Crippen LogP contribution in [0.15, 0.2) is 18.2 Å². The number of ether oxygens (including phenoxy) is 1. The molecule has 1 fully saturated rings. The van der Waals surface area contributed by atoms with E-state index in [1.165, 1.54) is 6.07 Å². The standard InChI is InChI=1S/C15H21NO3/c1-15(2)7-4-8-16(10-15)14(18)12-9-11(19-3)5-6-13(12)17/h5-6,9,17H,4,7-8,10H2,1-3H3. The van der Waals surface area contributed by atoms with Gasteiger partial charge in [-0.2, -0.15) is 0 Å². The van der Waals surface area contributed by atoms with Gasteiger partial charge in [-0.25, -0.2) is 0 Å². The van der Waals surface area contributed by atoms with Gasteiger partial charge in [0.1, 0.15) is 11.5 Å². The number of phenolic OH excluding ortho intramolecular Hbond substituents is 1. The lowest BCUT2D eigenvalue weighted by Gasteiger charge is -2.38. The molecule has 1 aromatic rings. The van der Waals surface area contributed by atoms with E-state index < -0.39 is 0 Å². The van der Waals surface area contributed by atoms with E-state index in [1.807, 2.05) is 4.90 Å². The number of likely N-dealkylation sites (tertiary alicyclic amines) is 1. The molecular formula is C15H21NO3. The maximum atomic E-state index is 12.5. The zero-order chi connectivity index (χ0) is 14.0. The Labute approximate surface area is 114 Å². The zero-order valence-corrected chi connectivity index (χ0v) is 11.8. The van der Waals surface area contributed by atoms with Crippen LogP contribution >= 0.6 is 0 Å². The number of amides is 1. The lowest BCUT2D eigenvalue weighted by Crippen LogP contribution is -2.43. The Morgan fingerprint density at radius 2 is 2.16 bits per heavy atom. The van der Waals surface area contributed by atoms with E-state index in [0.717, 1.165) is 25.9 Å². The van der Waals surface area contributed by atoms with Crippen LogP contribution in [0.4, 0.5) is 0 Å². The molecule has 4 heteroatoms. The number of hydrogen-bond donors (Lipinski definition) is 1. The van der Waals surface area contributed by atoms with Crippen LogP contribution in [0, 0.1) is 5.41 Å². The first-order chi connectivity index (χ1) is 8.93. The van der Waals surface area contributed by atoms with Crippen molar-refractivity contribution in [2.24, 2.45) is 5.41 Å². The molecular weight excluding hydrogens is 242 g/mol. The number of rotatable bonds is 2. The van der Waals surface area contributed by atoms with E-state index in [1.54, 1.807) is 19.2 Å². The minimum absolute atomic E-state index is 0.00850. The molecule has 0 atom stereocenters. The average molecular weight is 263 g/mol. The van der Waals surface area contributed by atoms with Crippen molar-refractivity contribution in [3.05, 3.63) is 23.8 Å². The van der Waals surface area contributed by atoms with Crippen LogP contribution in [0.1, 0.15) is 37.0 Å². The fraction of sp³-hybridized carbons (Fsp3) is 0.533. The van der Waals surface area contributed by atoms with Crippen molar-refractivity contribution < 1.29 is 14.6 Å². The van der Waals surface area contributed by atoms with E-state index in [0.29, 0.717) is 11.3 Å². The third-order valence-corrected chi connectivity index (χ3v) is 3.62. The summed E-state index contributed by atoms with van der Waals surface area (Å²) >= 11 is 0. The minimum Gasteiger partial charge on any atom is -0.507 e. The fourth-order valence-electron chi connectivity index (χ4n) is 2.58. The van der Waals surface area contributed by atoms with Gasteiger partial charge in [0.05, 0.1) is 12.7 Å². The van der Waals surface area contributed by atoms with E-state index >= 15 is 0 Å². The molecule has 1 saturated heterocycles. The number of hydrogen-bond acceptors (Lipinski definition) is 3. The van der Waals surface area contributed by atoms with Gasteiger partial charge in [-0.1, -0.05) is 13.8 Å². The van der Waals surface area contributed by atoms with Crippen molar-refractivity contribution in [1.29, 1.82) is 0 Å². The van der Waals surface area contributed by atoms with Gasteiger partial charge < -0.3 is 14.7 Å². The number of phenols is 1. The summed E-state index contributed by atoms with van der Waals surface area (Å²) in [4.78, 5) is 14.3. The van der Waals surface area contributed by atoms with Gasteiger partial charge >= 0.3 is 0 Å². The molecule has 1 heterocycles. The van der Waals surface area contributed by atoms with Gasteiger partial charge in [-0.05, 0) is 36.5 Å². The first kappa shape index (κ1) is 13.7. The van der Waals surface area contributed by atoms with Crippen molar-refractivity contribution in [2.75, 3.05) is 20.2 Å². The Hall–Kier alpha value is -1.71. The summed E-state index contributed by atoms with van der Waals surface area (Å²) in [7, 11) is 1.55. The monoisotopic (exact) mass is 263 g/mol. The summed E-state index contributed by atoms with van der Waals surface area (Å²) in [5.74, 6) is 0.468. The Bertz CT molecular complexity index is 482. The van der Waals surface area contributed by atoms with E-state index in [2.05, 4.69) is 13.8 Å². The number of piperidine rings is 1. The molecule has 0 saturated carbocycles. The summed E-state index contributed by atoms with van der Waals surface area (Å²) in [6, 6.07) is 4.74. The van der Waals surface area contributed by atoms with Crippen molar-refractivity contribution in [3.8, 4) is 11.5 Å². The van der Waals surface area contributed by atoms with Gasteiger partial charge in [0.25, 0.3) is 5.91 Å². The van der Waals surface area contributed by atoms with Gasteiger partial charge in [-0.15, -0.1) is 0 Å². The number of aromatic hydroxyl groups is 1. The van der Waals surface area contributed by atoms with Gasteiger partial charge in [0, 0.05) is 13.1 Å². The molecule has 2 rings (SSSR count). The van der Waals surface area contributed by atoms with Crippen LogP contribution in [0.3, 0.4) is 0 Å². The van der Waals surface area contributed by atoms with Crippen molar-refractivity contribution in [1.82, 2.24) is 4.90 Å². The second-order valence-corrected chi connectivity index (χ2v) is 5.88. The number of carbonyl (C=O) groups is 1. The molecule has 1 aromatic carbocycles. The minimum atomic E-state index is -0.121. The van der Waals surface area contributed by atoms with Crippen LogP contribution in [0.2, 0.25) is 0 Å². The Kier molecular flexibility index (Phi) is 3.69. The van der Waals surface area contributed by atoms with Gasteiger partial charge in [-0.3, -0.25) is 4.79 Å². The summed E-state index contributed by atoms with van der Waals surface area (Å²) in [5.41, 5.74) is 0.458. The Morgan fingerprint density at radius 1 is 1.42 bits per heavy atom. The molecule has 4 nitrogen and oxygen atoms in total. The average Bonchev–Trinajstić information content (AvgIpc) is 2.37. The topological polar surface area (TPSA) is 49.8 Å². The Morgan fingerprint density at radius 3 is 2.79 bits per heavy atom. The lowest BCUT2D eigenvalue weighted by atomic mass is 9.84. The van der Waals surface area contributed by atoms with Crippen LogP contribution in [-0.4, -0.2) is 36.1 Å². The first-order valence-corrected chi connectivity index (χ1v) is 6.59. The number of carbonyl (C=O) groups excluding carboxylic acids is 1. The number of benzene rings is 1. The SMILES string of the molecule is COc1ccc(O)c(C(=O)N2CCCC(C)(C)C2)c1. The molecule has 0 bridgehead atoms. The summed E-state index contributed by atoms with van der Waals surface area (Å²) in [6.45, 7) is 5.80. The summed E-state index contributed by atoms with van der Waals surface area (Å²) < 4.78 is 5.11. The third-order valence-electron chi connectivity index (χ3n) is 3.62. The quantitative estimate of drug-likeness (QED) is 0.892. The highest BCUT2D eigenvalue weighted by Gasteiger charge is 2.30. The molecule has 1 amide bonds. The van der Waals surface area contributed by atoms with Crippen molar-refractivity contribution in [2.45, 2.75) is 26.7 Å². The smallest absolute Gasteiger partial charge is 0.257 e. The molecule has 19 heavy (non-hydrogen) atoms. The molecule has 1 aliphatic heterocycles. The number of nitrogens with zero attached hydrogens (tertiary/aromatic N) is 1. The van der Waals surface area contributed by atoms with Gasteiger partial charge in [0.15, 0.2) is 0 Å². The van der Waals surface area contributed by atoms with Crippen molar-refractivity contribution in [3.63, 3.8) is 0 Å². The van der Waals surface area contributed by atoms with Crippen molar-refractivity contribution >= 4 is 5.91 Å². The molecule has 0 radical (unpaired) electrons. The molecule has 1 N–H and O–H groups in total. The van der Waals surface area contributed by atoms with E-state index in [9.17, 15) is 9.90 Å². The summed E-state index contributed by atoms with van der Waals surface area (Å²) in [5, 5.41) is 9.86. The molecule has 0 aromatic heterocycles. The highest BCUT2D eigenvalue weighted by Crippen LogP contribution is 2.31. The fourth-order valence-corrected chi connectivity index (χ4v) is 2.58. The van der Waals surface area contributed by atoms with E-state index in [4.69, 9.17) is 4.74 Å². The number of methoxy groups -OCH3 is 1. The predicted octanol–water partition coefficient (Wildman–Crippen LogP) is 2.66. The first-order valence-electron chi connectivity index (χ1n) is 6.59. The van der Waals surface area contributed by atoms with Crippen LogP contribution in [0.5, 0.6) is 11.5 Å². The maximum absolute atomic E-state index is 12.5. The largest absolute Gasteiger partial charge is 0.507 e. The second kappa shape index (κ2) is 5.11.